The molecule has 1 fully saturated rings. The molecule has 33 heavy (non-hydrogen) atoms. The van der Waals surface area contributed by atoms with Gasteiger partial charge in [0.25, 0.3) is 5.91 Å². The Balaban J connectivity index is 1.59. The summed E-state index contributed by atoms with van der Waals surface area (Å²) in [6, 6.07) is 12.2. The smallest absolute Gasteiger partial charge is 0.256 e. The monoisotopic (exact) mass is 443 g/mol. The van der Waals surface area contributed by atoms with E-state index in [0.29, 0.717) is 28.3 Å². The molecular formula is C25H29N7O. The Morgan fingerprint density at radius 3 is 2.58 bits per heavy atom. The molecule has 8 nitrogen and oxygen atoms in total. The van der Waals surface area contributed by atoms with Gasteiger partial charge in [-0.2, -0.15) is 0 Å². The van der Waals surface area contributed by atoms with Gasteiger partial charge in [0.2, 0.25) is 0 Å². The van der Waals surface area contributed by atoms with Crippen molar-refractivity contribution in [2.24, 2.45) is 0 Å². The van der Waals surface area contributed by atoms with Crippen molar-refractivity contribution in [1.82, 2.24) is 15.3 Å². The summed E-state index contributed by atoms with van der Waals surface area (Å²) >= 11 is 0. The van der Waals surface area contributed by atoms with Crippen LogP contribution in [0.4, 0.5) is 17.3 Å². The van der Waals surface area contributed by atoms with Crippen LogP contribution in [0.3, 0.4) is 0 Å². The second kappa shape index (κ2) is 9.38. The number of benzene rings is 1. The maximum atomic E-state index is 12.5. The van der Waals surface area contributed by atoms with Crippen LogP contribution in [0.25, 0.3) is 0 Å². The molecule has 1 aliphatic rings. The Morgan fingerprint density at radius 2 is 1.91 bits per heavy atom. The average molecular weight is 444 g/mol. The minimum absolute atomic E-state index is 0.140. The van der Waals surface area contributed by atoms with Gasteiger partial charge < -0.3 is 21.7 Å². The van der Waals surface area contributed by atoms with Crippen molar-refractivity contribution in [3.8, 4) is 0 Å². The van der Waals surface area contributed by atoms with Gasteiger partial charge in [0.15, 0.2) is 0 Å². The summed E-state index contributed by atoms with van der Waals surface area (Å²) in [5, 5.41) is 18.8. The molecule has 2 aromatic heterocycles. The predicted molar refractivity (Wildman–Crippen MR) is 132 cm³/mol. The number of carbonyl (C=O) groups is 1. The molecule has 0 unspecified atom stereocenters. The van der Waals surface area contributed by atoms with E-state index < -0.39 is 0 Å². The van der Waals surface area contributed by atoms with Crippen LogP contribution in [0.2, 0.25) is 0 Å². The average Bonchev–Trinajstić information content (AvgIpc) is 2.82. The van der Waals surface area contributed by atoms with Crippen LogP contribution in [-0.2, 0) is 0 Å². The molecule has 0 radical (unpaired) electrons. The van der Waals surface area contributed by atoms with E-state index in [1.807, 2.05) is 13.0 Å². The molecule has 0 spiro atoms. The molecular weight excluding hydrogens is 414 g/mol. The predicted octanol–water partition coefficient (Wildman–Crippen LogP) is 3.59. The maximum absolute atomic E-state index is 12.5. The van der Waals surface area contributed by atoms with E-state index in [-0.39, 0.29) is 17.2 Å². The highest BCUT2D eigenvalue weighted by Gasteiger charge is 2.29. The SMILES string of the molecule is Cc1cnc(N)c(C(=N)c2ccc(C(=O)Nc3ccccn3)cc2)c1N[C@]1(C)CCCNC1. The lowest BCUT2D eigenvalue weighted by atomic mass is 9.90. The summed E-state index contributed by atoms with van der Waals surface area (Å²) in [6.07, 6.45) is 5.46. The number of carbonyl (C=O) groups excluding carboxylic acids is 1. The van der Waals surface area contributed by atoms with E-state index in [2.05, 4.69) is 32.8 Å². The topological polar surface area (TPSA) is 129 Å². The van der Waals surface area contributed by atoms with E-state index >= 15 is 0 Å². The molecule has 4 rings (SSSR count). The van der Waals surface area contributed by atoms with Crippen molar-refractivity contribution in [3.63, 3.8) is 0 Å². The quantitative estimate of drug-likeness (QED) is 0.370. The summed E-state index contributed by atoms with van der Waals surface area (Å²) in [6.45, 7) is 5.99. The molecule has 1 atom stereocenters. The van der Waals surface area contributed by atoms with Crippen molar-refractivity contribution < 1.29 is 4.79 Å². The summed E-state index contributed by atoms with van der Waals surface area (Å²) < 4.78 is 0. The second-order valence-electron chi connectivity index (χ2n) is 8.66. The van der Waals surface area contributed by atoms with E-state index in [0.717, 1.165) is 37.2 Å². The van der Waals surface area contributed by atoms with Crippen molar-refractivity contribution in [2.75, 3.05) is 29.5 Å². The molecule has 170 valence electrons. The van der Waals surface area contributed by atoms with Gasteiger partial charge in [-0.1, -0.05) is 18.2 Å². The third-order valence-electron chi connectivity index (χ3n) is 5.91. The standard InChI is InChI=1S/C25H29N7O/c1-16-14-30-23(27)20(22(16)32-25(2)11-5-12-28-15-25)21(26)17-7-9-18(10-8-17)24(33)31-19-6-3-4-13-29-19/h3-4,6-10,13-14,26,28H,5,11-12,15H2,1-2H3,(H3,27,30,32)(H,29,31,33)/t25-/m1/s1. The van der Waals surface area contributed by atoms with Gasteiger partial charge in [-0.3, -0.25) is 10.2 Å². The highest BCUT2D eigenvalue weighted by Crippen LogP contribution is 2.31. The first-order chi connectivity index (χ1) is 15.9. The third kappa shape index (κ3) is 5.01. The minimum atomic E-state index is -0.261. The molecule has 0 saturated carbocycles. The van der Waals surface area contributed by atoms with Crippen LogP contribution >= 0.6 is 0 Å². The number of anilines is 3. The van der Waals surface area contributed by atoms with Gasteiger partial charge in [-0.25, -0.2) is 9.97 Å². The molecule has 1 saturated heterocycles. The Bertz CT molecular complexity index is 1150. The molecule has 0 bridgehead atoms. The van der Waals surface area contributed by atoms with Crippen LogP contribution in [0.15, 0.2) is 54.9 Å². The fourth-order valence-corrected chi connectivity index (χ4v) is 4.06. The molecule has 3 aromatic rings. The molecule has 1 aliphatic heterocycles. The van der Waals surface area contributed by atoms with Crippen LogP contribution in [-0.4, -0.2) is 40.2 Å². The fraction of sp³-hybridized carbons (Fsp3) is 0.280. The first kappa shape index (κ1) is 22.4. The van der Waals surface area contributed by atoms with Gasteiger partial charge in [-0.15, -0.1) is 0 Å². The molecule has 8 heteroatoms. The first-order valence-electron chi connectivity index (χ1n) is 11.0. The highest BCUT2D eigenvalue weighted by atomic mass is 16.1. The number of amides is 1. The largest absolute Gasteiger partial charge is 0.383 e. The molecule has 1 amide bonds. The zero-order valence-electron chi connectivity index (χ0n) is 18.9. The highest BCUT2D eigenvalue weighted by molar-refractivity contribution is 6.17. The van der Waals surface area contributed by atoms with Crippen molar-refractivity contribution in [3.05, 3.63) is 77.1 Å². The molecule has 6 N–H and O–H groups in total. The third-order valence-corrected chi connectivity index (χ3v) is 5.91. The van der Waals surface area contributed by atoms with Crippen molar-refractivity contribution in [1.29, 1.82) is 5.41 Å². The Labute approximate surface area is 193 Å². The Kier molecular flexibility index (Phi) is 6.37. The minimum Gasteiger partial charge on any atom is -0.383 e. The fourth-order valence-electron chi connectivity index (χ4n) is 4.06. The number of aryl methyl sites for hydroxylation is 1. The van der Waals surface area contributed by atoms with Crippen LogP contribution < -0.4 is 21.7 Å². The van der Waals surface area contributed by atoms with Crippen molar-refractivity contribution in [2.45, 2.75) is 32.2 Å². The first-order valence-corrected chi connectivity index (χ1v) is 11.0. The maximum Gasteiger partial charge on any atom is 0.256 e. The van der Waals surface area contributed by atoms with E-state index in [4.69, 9.17) is 11.1 Å². The second-order valence-corrected chi connectivity index (χ2v) is 8.66. The Morgan fingerprint density at radius 1 is 1.15 bits per heavy atom. The van der Waals surface area contributed by atoms with Crippen molar-refractivity contribution >= 4 is 28.9 Å². The number of hydrogen-bond donors (Lipinski definition) is 5. The number of aromatic nitrogens is 2. The van der Waals surface area contributed by atoms with Crippen LogP contribution in [0, 0.1) is 12.3 Å². The van der Waals surface area contributed by atoms with Gasteiger partial charge in [0.1, 0.15) is 11.6 Å². The Hall–Kier alpha value is -3.78. The van der Waals surface area contributed by atoms with Gasteiger partial charge in [-0.05, 0) is 63.1 Å². The lowest BCUT2D eigenvalue weighted by Gasteiger charge is -2.37. The van der Waals surface area contributed by atoms with Crippen LogP contribution in [0.1, 0.15) is 46.8 Å². The van der Waals surface area contributed by atoms with Crippen LogP contribution in [0.5, 0.6) is 0 Å². The summed E-state index contributed by atoms with van der Waals surface area (Å²) in [4.78, 5) is 20.9. The zero-order chi connectivity index (χ0) is 23.4. The van der Waals surface area contributed by atoms with E-state index in [1.165, 1.54) is 0 Å². The number of piperidine rings is 1. The zero-order valence-corrected chi connectivity index (χ0v) is 18.9. The number of nitrogens with two attached hydrogens (primary N) is 1. The number of rotatable bonds is 6. The molecule has 3 heterocycles. The number of nitrogen functional groups attached to an aromatic ring is 1. The van der Waals surface area contributed by atoms with Gasteiger partial charge in [0, 0.05) is 35.6 Å². The van der Waals surface area contributed by atoms with E-state index in [9.17, 15) is 4.79 Å². The summed E-state index contributed by atoms with van der Waals surface area (Å²) in [5.74, 6) is 0.528. The number of pyridine rings is 2. The summed E-state index contributed by atoms with van der Waals surface area (Å²) in [5.41, 5.74) is 9.85. The van der Waals surface area contributed by atoms with E-state index in [1.54, 1.807) is 48.8 Å². The van der Waals surface area contributed by atoms with Gasteiger partial charge in [0.05, 0.1) is 17.0 Å². The lowest BCUT2D eigenvalue weighted by molar-refractivity contribution is 0.102. The van der Waals surface area contributed by atoms with Gasteiger partial charge >= 0.3 is 0 Å². The molecule has 0 aliphatic carbocycles. The number of nitrogens with one attached hydrogen (secondary N) is 4. The normalized spacial score (nSPS) is 17.9. The lowest BCUT2D eigenvalue weighted by Crippen LogP contribution is -2.49. The molecule has 1 aromatic carbocycles. The number of hydrogen-bond acceptors (Lipinski definition) is 7. The summed E-state index contributed by atoms with van der Waals surface area (Å²) in [7, 11) is 0. The number of nitrogens with zero attached hydrogens (tertiary/aromatic N) is 2.